The van der Waals surface area contributed by atoms with E-state index in [0.29, 0.717) is 0 Å². The van der Waals surface area contributed by atoms with Crippen LogP contribution in [-0.4, -0.2) is 4.98 Å². The Morgan fingerprint density at radius 3 is 2.43 bits per heavy atom. The van der Waals surface area contributed by atoms with E-state index in [1.54, 1.807) is 0 Å². The van der Waals surface area contributed by atoms with Crippen molar-refractivity contribution < 1.29 is 0 Å². The Hall–Kier alpha value is -2.41. The number of hydrogen-bond donors (Lipinski definition) is 0. The van der Waals surface area contributed by atoms with E-state index in [4.69, 9.17) is 4.98 Å². The maximum atomic E-state index is 4.80. The van der Waals surface area contributed by atoms with Crippen molar-refractivity contribution >= 4 is 32.4 Å². The van der Waals surface area contributed by atoms with Crippen molar-refractivity contribution in [3.63, 3.8) is 0 Å². The molecular weight excluding hydrogens is 278 g/mol. The molecule has 0 N–H and O–H groups in total. The van der Waals surface area contributed by atoms with E-state index >= 15 is 0 Å². The molecule has 3 aromatic carbocycles. The van der Waals surface area contributed by atoms with Crippen LogP contribution >= 0.6 is 0 Å². The first-order valence-corrected chi connectivity index (χ1v) is 8.25. The summed E-state index contributed by atoms with van der Waals surface area (Å²) >= 11 is 0. The fourth-order valence-electron chi connectivity index (χ4n) is 4.65. The van der Waals surface area contributed by atoms with Gasteiger partial charge >= 0.3 is 0 Å². The van der Waals surface area contributed by atoms with Crippen molar-refractivity contribution in [1.82, 2.24) is 4.98 Å². The maximum absolute atomic E-state index is 4.80. The molecule has 0 bridgehead atoms. The highest BCUT2D eigenvalue weighted by atomic mass is 14.7. The molecule has 0 unspecified atom stereocenters. The number of benzene rings is 3. The summed E-state index contributed by atoms with van der Waals surface area (Å²) in [6, 6.07) is 13.6. The molecule has 112 valence electrons. The first kappa shape index (κ1) is 13.1. The molecule has 1 aliphatic carbocycles. The van der Waals surface area contributed by atoms with Crippen LogP contribution in [0.15, 0.2) is 42.6 Å². The molecular formula is C22H19N. The van der Waals surface area contributed by atoms with Gasteiger partial charge in [0.1, 0.15) is 0 Å². The van der Waals surface area contributed by atoms with E-state index in [-0.39, 0.29) is 5.41 Å². The second-order valence-electron chi connectivity index (χ2n) is 7.44. The number of aryl methyl sites for hydroxylation is 2. The number of aromatic nitrogens is 1. The average molecular weight is 297 g/mol. The predicted molar refractivity (Wildman–Crippen MR) is 98.4 cm³/mol. The van der Waals surface area contributed by atoms with Gasteiger partial charge < -0.3 is 0 Å². The zero-order chi connectivity index (χ0) is 15.9. The minimum Gasteiger partial charge on any atom is -0.256 e. The van der Waals surface area contributed by atoms with E-state index < -0.39 is 0 Å². The molecule has 1 heterocycles. The lowest BCUT2D eigenvalue weighted by atomic mass is 9.82. The van der Waals surface area contributed by atoms with Gasteiger partial charge in [-0.15, -0.1) is 0 Å². The summed E-state index contributed by atoms with van der Waals surface area (Å²) in [7, 11) is 0. The molecule has 0 atom stereocenters. The van der Waals surface area contributed by atoms with Gasteiger partial charge in [-0.05, 0) is 58.8 Å². The second-order valence-corrected chi connectivity index (χ2v) is 7.44. The van der Waals surface area contributed by atoms with Crippen LogP contribution in [0.5, 0.6) is 0 Å². The number of rotatable bonds is 0. The summed E-state index contributed by atoms with van der Waals surface area (Å²) in [6.07, 6.45) is 1.98. The van der Waals surface area contributed by atoms with E-state index in [1.807, 2.05) is 6.20 Å². The van der Waals surface area contributed by atoms with Crippen LogP contribution < -0.4 is 0 Å². The normalized spacial score (nSPS) is 15.3. The molecule has 1 nitrogen and oxygen atoms in total. The lowest BCUT2D eigenvalue weighted by Gasteiger charge is -2.21. The van der Waals surface area contributed by atoms with Crippen LogP contribution in [0.25, 0.3) is 32.4 Å². The largest absolute Gasteiger partial charge is 0.256 e. The van der Waals surface area contributed by atoms with Crippen LogP contribution in [0.2, 0.25) is 0 Å². The fourth-order valence-corrected chi connectivity index (χ4v) is 4.65. The summed E-state index contributed by atoms with van der Waals surface area (Å²) in [5, 5.41) is 6.81. The summed E-state index contributed by atoms with van der Waals surface area (Å²) in [5.74, 6) is 0. The van der Waals surface area contributed by atoms with E-state index in [9.17, 15) is 0 Å². The SMILES string of the molecule is Cc1cc(C)c2c(c1)c1nccc3c1c1c(cccc21)C3(C)C. The number of fused-ring (bicyclic) bond motifs is 3. The van der Waals surface area contributed by atoms with Crippen LogP contribution in [-0.2, 0) is 5.41 Å². The molecule has 0 spiro atoms. The van der Waals surface area contributed by atoms with Gasteiger partial charge in [0.25, 0.3) is 0 Å². The fraction of sp³-hybridized carbons (Fsp3) is 0.227. The molecule has 1 heteroatoms. The molecule has 0 fully saturated rings. The van der Waals surface area contributed by atoms with Crippen molar-refractivity contribution in [3.05, 3.63) is 64.8 Å². The lowest BCUT2D eigenvalue weighted by molar-refractivity contribution is 0.662. The smallest absolute Gasteiger partial charge is 0.0790 e. The molecule has 23 heavy (non-hydrogen) atoms. The first-order chi connectivity index (χ1) is 11.0. The van der Waals surface area contributed by atoms with E-state index in [2.05, 4.69) is 64.1 Å². The minimum atomic E-state index is 0.0450. The Labute approximate surface area is 136 Å². The third kappa shape index (κ3) is 1.41. The Morgan fingerprint density at radius 2 is 1.61 bits per heavy atom. The zero-order valence-electron chi connectivity index (χ0n) is 14.0. The van der Waals surface area contributed by atoms with Crippen molar-refractivity contribution in [2.75, 3.05) is 0 Å². The van der Waals surface area contributed by atoms with E-state index in [1.165, 1.54) is 49.2 Å². The Bertz CT molecular complexity index is 1150. The first-order valence-electron chi connectivity index (χ1n) is 8.25. The Morgan fingerprint density at radius 1 is 0.826 bits per heavy atom. The summed E-state index contributed by atoms with van der Waals surface area (Å²) in [5.41, 5.74) is 6.70. The van der Waals surface area contributed by atoms with Gasteiger partial charge in [0.15, 0.2) is 0 Å². The van der Waals surface area contributed by atoms with Crippen LogP contribution in [0, 0.1) is 13.8 Å². The van der Waals surface area contributed by atoms with Gasteiger partial charge in [0.2, 0.25) is 0 Å². The monoisotopic (exact) mass is 297 g/mol. The summed E-state index contributed by atoms with van der Waals surface area (Å²) < 4.78 is 0. The van der Waals surface area contributed by atoms with Gasteiger partial charge in [0, 0.05) is 22.4 Å². The van der Waals surface area contributed by atoms with Crippen molar-refractivity contribution in [1.29, 1.82) is 0 Å². The van der Waals surface area contributed by atoms with Gasteiger partial charge in [-0.1, -0.05) is 43.7 Å². The topological polar surface area (TPSA) is 12.9 Å². The molecule has 4 aromatic rings. The van der Waals surface area contributed by atoms with Crippen molar-refractivity contribution in [2.24, 2.45) is 0 Å². The molecule has 1 aromatic heterocycles. The molecule has 0 saturated heterocycles. The Kier molecular flexibility index (Phi) is 2.22. The average Bonchev–Trinajstić information content (AvgIpc) is 2.75. The molecule has 0 radical (unpaired) electrons. The number of hydrogen-bond acceptors (Lipinski definition) is 1. The summed E-state index contributed by atoms with van der Waals surface area (Å²) in [6.45, 7) is 9.06. The molecule has 0 aliphatic heterocycles. The van der Waals surface area contributed by atoms with Crippen molar-refractivity contribution in [3.8, 4) is 0 Å². The highest BCUT2D eigenvalue weighted by molar-refractivity contribution is 6.28. The molecule has 0 saturated carbocycles. The van der Waals surface area contributed by atoms with Gasteiger partial charge in [-0.3, -0.25) is 4.98 Å². The lowest BCUT2D eigenvalue weighted by Crippen LogP contribution is -2.15. The molecule has 1 aliphatic rings. The predicted octanol–water partition coefficient (Wildman–Crippen LogP) is 5.80. The summed E-state index contributed by atoms with van der Waals surface area (Å²) in [4.78, 5) is 4.80. The van der Waals surface area contributed by atoms with Crippen LogP contribution in [0.3, 0.4) is 0 Å². The standard InChI is InChI=1S/C22H19N/c1-12-10-13(2)18-14-6-5-7-16-19(14)20-17(22(16,3)4)8-9-23-21(20)15(18)11-12/h5-11H,1-4H3. The maximum Gasteiger partial charge on any atom is 0.0790 e. The minimum absolute atomic E-state index is 0.0450. The number of nitrogens with zero attached hydrogens (tertiary/aromatic N) is 1. The van der Waals surface area contributed by atoms with Crippen LogP contribution in [0.1, 0.15) is 36.1 Å². The molecule has 0 amide bonds. The third-order valence-corrected chi connectivity index (χ3v) is 5.62. The highest BCUT2D eigenvalue weighted by Crippen LogP contribution is 2.50. The van der Waals surface area contributed by atoms with Crippen molar-refractivity contribution in [2.45, 2.75) is 33.1 Å². The van der Waals surface area contributed by atoms with E-state index in [0.717, 1.165) is 5.52 Å². The highest BCUT2D eigenvalue weighted by Gasteiger charge is 2.35. The third-order valence-electron chi connectivity index (χ3n) is 5.62. The van der Waals surface area contributed by atoms with Gasteiger partial charge in [-0.25, -0.2) is 0 Å². The second kappa shape index (κ2) is 3.91. The number of pyridine rings is 1. The Balaban J connectivity index is 2.25. The quantitative estimate of drug-likeness (QED) is 0.374. The van der Waals surface area contributed by atoms with Crippen LogP contribution in [0.4, 0.5) is 0 Å². The van der Waals surface area contributed by atoms with Gasteiger partial charge in [-0.2, -0.15) is 0 Å². The zero-order valence-corrected chi connectivity index (χ0v) is 14.0. The molecule has 5 rings (SSSR count). The van der Waals surface area contributed by atoms with Gasteiger partial charge in [0.05, 0.1) is 5.52 Å².